The number of hydrogen-bond donors (Lipinski definition) is 1. The molecule has 1 aromatic carbocycles. The minimum Gasteiger partial charge on any atom is -0.380 e. The van der Waals surface area contributed by atoms with Gasteiger partial charge in [0, 0.05) is 30.6 Å². The minimum atomic E-state index is 0.141. The highest BCUT2D eigenvalue weighted by Gasteiger charge is 2.54. The van der Waals surface area contributed by atoms with E-state index in [0.29, 0.717) is 18.1 Å². The molecule has 0 unspecified atom stereocenters. The SMILES string of the molecule is CO[C@@H]1[C@@H](C)[C@H](NCc2nc3ccc(Cl)cc3n2C)C1(C)C. The van der Waals surface area contributed by atoms with Gasteiger partial charge in [0.05, 0.1) is 23.7 Å². The lowest BCUT2D eigenvalue weighted by atomic mass is 9.58. The number of halogens is 1. The summed E-state index contributed by atoms with van der Waals surface area (Å²) < 4.78 is 7.71. The monoisotopic (exact) mass is 321 g/mol. The van der Waals surface area contributed by atoms with E-state index in [4.69, 9.17) is 21.3 Å². The van der Waals surface area contributed by atoms with Gasteiger partial charge in [0.25, 0.3) is 0 Å². The van der Waals surface area contributed by atoms with Crippen molar-refractivity contribution in [3.63, 3.8) is 0 Å². The van der Waals surface area contributed by atoms with Gasteiger partial charge in [0.15, 0.2) is 0 Å². The number of nitrogens with one attached hydrogen (secondary N) is 1. The third kappa shape index (κ3) is 2.34. The molecule has 0 radical (unpaired) electrons. The average molecular weight is 322 g/mol. The van der Waals surface area contributed by atoms with Gasteiger partial charge < -0.3 is 14.6 Å². The van der Waals surface area contributed by atoms with Gasteiger partial charge in [-0.1, -0.05) is 32.4 Å². The molecule has 2 aromatic rings. The number of methoxy groups -OCH3 is 1. The lowest BCUT2D eigenvalue weighted by Gasteiger charge is -2.56. The topological polar surface area (TPSA) is 39.1 Å². The number of benzene rings is 1. The molecule has 1 heterocycles. The maximum Gasteiger partial charge on any atom is 0.123 e. The summed E-state index contributed by atoms with van der Waals surface area (Å²) >= 11 is 6.08. The first-order valence-electron chi connectivity index (χ1n) is 7.73. The molecule has 22 heavy (non-hydrogen) atoms. The fraction of sp³-hybridized carbons (Fsp3) is 0.588. The zero-order valence-electron chi connectivity index (χ0n) is 13.9. The molecule has 0 amide bonds. The Balaban J connectivity index is 1.76. The summed E-state index contributed by atoms with van der Waals surface area (Å²) in [5.74, 6) is 1.53. The van der Waals surface area contributed by atoms with Crippen LogP contribution in [0.1, 0.15) is 26.6 Å². The zero-order valence-corrected chi connectivity index (χ0v) is 14.6. The van der Waals surface area contributed by atoms with Gasteiger partial charge in [0.2, 0.25) is 0 Å². The van der Waals surface area contributed by atoms with Crippen molar-refractivity contribution in [1.29, 1.82) is 0 Å². The van der Waals surface area contributed by atoms with Gasteiger partial charge in [0.1, 0.15) is 5.82 Å². The highest BCUT2D eigenvalue weighted by atomic mass is 35.5. The molecule has 0 aliphatic heterocycles. The minimum absolute atomic E-state index is 0.141. The first-order valence-corrected chi connectivity index (χ1v) is 8.11. The summed E-state index contributed by atoms with van der Waals surface area (Å²) in [6.45, 7) is 7.50. The molecule has 0 spiro atoms. The number of aryl methyl sites for hydroxylation is 1. The number of ether oxygens (including phenoxy) is 1. The molecular weight excluding hydrogens is 298 g/mol. The lowest BCUT2D eigenvalue weighted by molar-refractivity contribution is -0.145. The normalized spacial score (nSPS) is 27.1. The van der Waals surface area contributed by atoms with Gasteiger partial charge in [-0.2, -0.15) is 0 Å². The smallest absolute Gasteiger partial charge is 0.123 e. The molecule has 120 valence electrons. The van der Waals surface area contributed by atoms with E-state index >= 15 is 0 Å². The predicted molar refractivity (Wildman–Crippen MR) is 90.1 cm³/mol. The highest BCUT2D eigenvalue weighted by Crippen LogP contribution is 2.46. The second-order valence-corrected chi connectivity index (χ2v) is 7.35. The first kappa shape index (κ1) is 15.8. The van der Waals surface area contributed by atoms with Gasteiger partial charge in [-0.3, -0.25) is 0 Å². The number of fused-ring (bicyclic) bond motifs is 1. The molecule has 4 nitrogen and oxygen atoms in total. The van der Waals surface area contributed by atoms with Crippen LogP contribution in [-0.2, 0) is 18.3 Å². The molecule has 0 bridgehead atoms. The van der Waals surface area contributed by atoms with Crippen LogP contribution >= 0.6 is 11.6 Å². The Morgan fingerprint density at radius 1 is 1.41 bits per heavy atom. The Bertz CT molecular complexity index is 695. The molecule has 1 aliphatic rings. The van der Waals surface area contributed by atoms with Crippen molar-refractivity contribution in [2.24, 2.45) is 18.4 Å². The van der Waals surface area contributed by atoms with Crippen LogP contribution in [0.5, 0.6) is 0 Å². The van der Waals surface area contributed by atoms with Crippen LogP contribution in [0.15, 0.2) is 18.2 Å². The molecule has 0 saturated heterocycles. The Labute approximate surface area is 136 Å². The molecule has 1 fully saturated rings. The standard InChI is InChI=1S/C17H24ClN3O/c1-10-15(17(2,3)16(10)22-5)19-9-14-20-12-7-6-11(18)8-13(12)21(14)4/h6-8,10,15-16,19H,9H2,1-5H3/t10-,15-,16+/m0/s1. The van der Waals surface area contributed by atoms with E-state index in [1.165, 1.54) is 0 Å². The Kier molecular flexibility index (Phi) is 3.96. The van der Waals surface area contributed by atoms with E-state index in [9.17, 15) is 0 Å². The van der Waals surface area contributed by atoms with Gasteiger partial charge in [-0.15, -0.1) is 0 Å². The van der Waals surface area contributed by atoms with Crippen LogP contribution in [0.4, 0.5) is 0 Å². The Morgan fingerprint density at radius 2 is 2.14 bits per heavy atom. The second kappa shape index (κ2) is 5.52. The summed E-state index contributed by atoms with van der Waals surface area (Å²) in [5, 5.41) is 4.40. The van der Waals surface area contributed by atoms with Crippen molar-refractivity contribution in [1.82, 2.24) is 14.9 Å². The lowest BCUT2D eigenvalue weighted by Crippen LogP contribution is -2.66. The average Bonchev–Trinajstić information content (AvgIpc) is 2.76. The van der Waals surface area contributed by atoms with Crippen molar-refractivity contribution in [2.45, 2.75) is 39.5 Å². The molecule has 3 atom stereocenters. The predicted octanol–water partition coefficient (Wildman–Crippen LogP) is 3.38. The first-order chi connectivity index (χ1) is 10.4. The number of imidazole rings is 1. The van der Waals surface area contributed by atoms with E-state index in [1.807, 2.05) is 25.2 Å². The number of nitrogens with zero attached hydrogens (tertiary/aromatic N) is 2. The van der Waals surface area contributed by atoms with Gasteiger partial charge >= 0.3 is 0 Å². The van der Waals surface area contributed by atoms with Crippen LogP contribution in [0, 0.1) is 11.3 Å². The van der Waals surface area contributed by atoms with Crippen molar-refractivity contribution < 1.29 is 4.74 Å². The molecule has 1 aromatic heterocycles. The summed E-state index contributed by atoms with van der Waals surface area (Å²) in [7, 11) is 3.84. The van der Waals surface area contributed by atoms with E-state index in [1.54, 1.807) is 7.11 Å². The molecule has 5 heteroatoms. The van der Waals surface area contributed by atoms with E-state index < -0.39 is 0 Å². The number of rotatable bonds is 4. The van der Waals surface area contributed by atoms with Crippen molar-refractivity contribution in [3.05, 3.63) is 29.0 Å². The second-order valence-electron chi connectivity index (χ2n) is 6.92. The van der Waals surface area contributed by atoms with Crippen LogP contribution in [-0.4, -0.2) is 28.8 Å². The third-order valence-corrected chi connectivity index (χ3v) is 5.44. The van der Waals surface area contributed by atoms with Crippen LogP contribution in [0.2, 0.25) is 5.02 Å². The summed E-state index contributed by atoms with van der Waals surface area (Å²) in [6, 6.07) is 6.25. The molecule has 1 aliphatic carbocycles. The van der Waals surface area contributed by atoms with Crippen LogP contribution < -0.4 is 5.32 Å². The fourth-order valence-corrected chi connectivity index (χ4v) is 4.29. The molecule has 1 saturated carbocycles. The summed E-state index contributed by atoms with van der Waals surface area (Å²) in [6.07, 6.45) is 0.309. The molecular formula is C17H24ClN3O. The van der Waals surface area contributed by atoms with E-state index in [2.05, 4.69) is 30.7 Å². The van der Waals surface area contributed by atoms with Gasteiger partial charge in [-0.25, -0.2) is 4.98 Å². The highest BCUT2D eigenvalue weighted by molar-refractivity contribution is 6.31. The third-order valence-electron chi connectivity index (χ3n) is 5.21. The van der Waals surface area contributed by atoms with Crippen molar-refractivity contribution in [3.8, 4) is 0 Å². The van der Waals surface area contributed by atoms with Crippen LogP contribution in [0.3, 0.4) is 0 Å². The zero-order chi connectivity index (χ0) is 16.1. The maximum absolute atomic E-state index is 6.08. The van der Waals surface area contributed by atoms with E-state index in [-0.39, 0.29) is 5.41 Å². The van der Waals surface area contributed by atoms with Crippen molar-refractivity contribution >= 4 is 22.6 Å². The maximum atomic E-state index is 6.08. The van der Waals surface area contributed by atoms with E-state index in [0.717, 1.165) is 28.4 Å². The molecule has 1 N–H and O–H groups in total. The number of hydrogen-bond acceptors (Lipinski definition) is 3. The molecule has 3 rings (SSSR count). The van der Waals surface area contributed by atoms with Gasteiger partial charge in [-0.05, 0) is 24.1 Å². The summed E-state index contributed by atoms with van der Waals surface area (Å²) in [5.41, 5.74) is 2.20. The Morgan fingerprint density at radius 3 is 2.77 bits per heavy atom. The quantitative estimate of drug-likeness (QED) is 0.938. The number of aromatic nitrogens is 2. The Hall–Kier alpha value is -1.10. The van der Waals surface area contributed by atoms with Crippen molar-refractivity contribution in [2.75, 3.05) is 7.11 Å². The summed E-state index contributed by atoms with van der Waals surface area (Å²) in [4.78, 5) is 4.71. The van der Waals surface area contributed by atoms with Crippen LogP contribution in [0.25, 0.3) is 11.0 Å². The largest absolute Gasteiger partial charge is 0.380 e. The fourth-order valence-electron chi connectivity index (χ4n) is 4.13.